The van der Waals surface area contributed by atoms with Crippen molar-refractivity contribution in [1.29, 1.82) is 0 Å². The summed E-state index contributed by atoms with van der Waals surface area (Å²) in [4.78, 5) is 28.7. The standard InChI is InChI=1S/C21H23F3N2O2/c1-12(2)19(27)10-17-9-16(8-13(3)26-17)20(28)25-11-15-6-5-7-18(14(15)4)21(22,23)24/h5-9,12H,10-11H2,1-4H3,(H,25,28). The molecule has 1 aromatic heterocycles. The summed E-state index contributed by atoms with van der Waals surface area (Å²) in [6, 6.07) is 7.02. The van der Waals surface area contributed by atoms with Crippen LogP contribution in [0.3, 0.4) is 0 Å². The van der Waals surface area contributed by atoms with Crippen molar-refractivity contribution < 1.29 is 22.8 Å². The molecule has 0 spiro atoms. The normalized spacial score (nSPS) is 11.6. The first kappa shape index (κ1) is 21.6. The number of rotatable bonds is 6. The third-order valence-electron chi connectivity index (χ3n) is 4.46. The van der Waals surface area contributed by atoms with Crippen molar-refractivity contribution in [3.63, 3.8) is 0 Å². The number of nitrogens with zero attached hydrogens (tertiary/aromatic N) is 1. The van der Waals surface area contributed by atoms with Crippen LogP contribution in [0.4, 0.5) is 13.2 Å². The molecule has 0 unspecified atom stereocenters. The summed E-state index contributed by atoms with van der Waals surface area (Å²) in [6.07, 6.45) is -4.31. The van der Waals surface area contributed by atoms with Crippen LogP contribution in [0, 0.1) is 19.8 Å². The lowest BCUT2D eigenvalue weighted by Gasteiger charge is -2.14. The number of alkyl halides is 3. The van der Waals surface area contributed by atoms with Crippen molar-refractivity contribution in [1.82, 2.24) is 10.3 Å². The van der Waals surface area contributed by atoms with Gasteiger partial charge >= 0.3 is 6.18 Å². The van der Waals surface area contributed by atoms with Crippen LogP contribution < -0.4 is 5.32 Å². The van der Waals surface area contributed by atoms with Gasteiger partial charge in [-0.15, -0.1) is 0 Å². The number of halogens is 3. The van der Waals surface area contributed by atoms with Gasteiger partial charge in [-0.1, -0.05) is 26.0 Å². The zero-order chi connectivity index (χ0) is 21.1. The van der Waals surface area contributed by atoms with Crippen LogP contribution in [-0.2, 0) is 23.9 Å². The average Bonchev–Trinajstić information content (AvgIpc) is 2.58. The summed E-state index contributed by atoms with van der Waals surface area (Å²) < 4.78 is 39.1. The van der Waals surface area contributed by atoms with Crippen molar-refractivity contribution in [2.45, 2.75) is 46.8 Å². The summed E-state index contributed by atoms with van der Waals surface area (Å²) in [6.45, 7) is 6.66. The van der Waals surface area contributed by atoms with Gasteiger partial charge in [0.25, 0.3) is 5.91 Å². The van der Waals surface area contributed by atoms with E-state index in [0.29, 0.717) is 22.5 Å². The molecule has 1 N–H and O–H groups in total. The van der Waals surface area contributed by atoms with Crippen molar-refractivity contribution in [3.05, 3.63) is 64.0 Å². The lowest BCUT2D eigenvalue weighted by Crippen LogP contribution is -2.24. The van der Waals surface area contributed by atoms with Crippen LogP contribution in [0.2, 0.25) is 0 Å². The van der Waals surface area contributed by atoms with E-state index in [-0.39, 0.29) is 30.2 Å². The Morgan fingerprint density at radius 1 is 1.14 bits per heavy atom. The van der Waals surface area contributed by atoms with Gasteiger partial charge in [0.2, 0.25) is 0 Å². The Kier molecular flexibility index (Phi) is 6.59. The predicted octanol–water partition coefficient (Wildman–Crippen LogP) is 4.41. The van der Waals surface area contributed by atoms with E-state index in [1.54, 1.807) is 39.0 Å². The fourth-order valence-electron chi connectivity index (χ4n) is 2.80. The van der Waals surface area contributed by atoms with E-state index < -0.39 is 17.6 Å². The van der Waals surface area contributed by atoms with Gasteiger partial charge < -0.3 is 5.32 Å². The molecule has 0 aliphatic rings. The summed E-state index contributed by atoms with van der Waals surface area (Å²) in [5.74, 6) is -0.548. The highest BCUT2D eigenvalue weighted by Gasteiger charge is 2.32. The molecule has 2 rings (SSSR count). The molecule has 0 radical (unpaired) electrons. The summed E-state index contributed by atoms with van der Waals surface area (Å²) in [5.41, 5.74) is 1.18. The van der Waals surface area contributed by atoms with Crippen LogP contribution in [0.5, 0.6) is 0 Å². The molecular formula is C21H23F3N2O2. The van der Waals surface area contributed by atoms with Crippen molar-refractivity contribution in [3.8, 4) is 0 Å². The first-order valence-corrected chi connectivity index (χ1v) is 8.93. The second-order valence-electron chi connectivity index (χ2n) is 7.06. The number of nitrogens with one attached hydrogen (secondary N) is 1. The maximum absolute atomic E-state index is 13.0. The summed E-state index contributed by atoms with van der Waals surface area (Å²) >= 11 is 0. The Morgan fingerprint density at radius 2 is 1.82 bits per heavy atom. The molecule has 0 bridgehead atoms. The Hall–Kier alpha value is -2.70. The van der Waals surface area contributed by atoms with Crippen molar-refractivity contribution in [2.24, 2.45) is 5.92 Å². The molecule has 0 saturated heterocycles. The van der Waals surface area contributed by atoms with E-state index in [0.717, 1.165) is 6.07 Å². The van der Waals surface area contributed by atoms with Gasteiger partial charge in [-0.05, 0) is 43.2 Å². The molecule has 1 amide bonds. The van der Waals surface area contributed by atoms with E-state index >= 15 is 0 Å². The monoisotopic (exact) mass is 392 g/mol. The Bertz CT molecular complexity index is 890. The fraction of sp³-hybridized carbons (Fsp3) is 0.381. The predicted molar refractivity (Wildman–Crippen MR) is 99.9 cm³/mol. The Labute approximate surface area is 162 Å². The number of pyridine rings is 1. The molecule has 1 heterocycles. The zero-order valence-corrected chi connectivity index (χ0v) is 16.3. The maximum Gasteiger partial charge on any atom is 0.416 e. The van der Waals surface area contributed by atoms with Crippen LogP contribution in [-0.4, -0.2) is 16.7 Å². The minimum Gasteiger partial charge on any atom is -0.348 e. The van der Waals surface area contributed by atoms with E-state index in [4.69, 9.17) is 0 Å². The number of aryl methyl sites for hydroxylation is 1. The molecule has 0 atom stereocenters. The molecule has 2 aromatic rings. The van der Waals surface area contributed by atoms with Crippen LogP contribution >= 0.6 is 0 Å². The highest BCUT2D eigenvalue weighted by molar-refractivity contribution is 5.94. The SMILES string of the molecule is Cc1cc(C(=O)NCc2cccc(C(F)(F)F)c2C)cc(CC(=O)C(C)C)n1. The first-order valence-electron chi connectivity index (χ1n) is 8.93. The molecule has 7 heteroatoms. The number of hydrogen-bond donors (Lipinski definition) is 1. The van der Waals surface area contributed by atoms with Gasteiger partial charge in [-0.25, -0.2) is 0 Å². The summed E-state index contributed by atoms with van der Waals surface area (Å²) in [5, 5.41) is 2.65. The van der Waals surface area contributed by atoms with Gasteiger partial charge in [0.1, 0.15) is 5.78 Å². The number of ketones is 1. The second kappa shape index (κ2) is 8.54. The Morgan fingerprint density at radius 3 is 2.43 bits per heavy atom. The van der Waals surface area contributed by atoms with Gasteiger partial charge in [0.15, 0.2) is 0 Å². The highest BCUT2D eigenvalue weighted by Crippen LogP contribution is 2.32. The smallest absolute Gasteiger partial charge is 0.348 e. The van der Waals surface area contributed by atoms with Gasteiger partial charge in [0.05, 0.1) is 5.56 Å². The van der Waals surface area contributed by atoms with Gasteiger partial charge in [-0.2, -0.15) is 13.2 Å². The number of amides is 1. The van der Waals surface area contributed by atoms with Crippen molar-refractivity contribution in [2.75, 3.05) is 0 Å². The topological polar surface area (TPSA) is 59.1 Å². The lowest BCUT2D eigenvalue weighted by molar-refractivity contribution is -0.138. The lowest BCUT2D eigenvalue weighted by atomic mass is 10.0. The third kappa shape index (κ3) is 5.41. The van der Waals surface area contributed by atoms with Crippen LogP contribution in [0.1, 0.15) is 52.3 Å². The van der Waals surface area contributed by atoms with Gasteiger partial charge in [0, 0.05) is 35.8 Å². The minimum absolute atomic E-state index is 0.0176. The Balaban J connectivity index is 2.16. The van der Waals surface area contributed by atoms with E-state index in [2.05, 4.69) is 10.3 Å². The zero-order valence-electron chi connectivity index (χ0n) is 16.3. The molecule has 4 nitrogen and oxygen atoms in total. The number of carbonyl (C=O) groups is 2. The highest BCUT2D eigenvalue weighted by atomic mass is 19.4. The molecule has 28 heavy (non-hydrogen) atoms. The average molecular weight is 392 g/mol. The van der Waals surface area contributed by atoms with E-state index in [1.807, 2.05) is 0 Å². The van der Waals surface area contributed by atoms with E-state index in [9.17, 15) is 22.8 Å². The van der Waals surface area contributed by atoms with Crippen LogP contribution in [0.15, 0.2) is 30.3 Å². The maximum atomic E-state index is 13.0. The first-order chi connectivity index (χ1) is 13.0. The molecule has 0 aliphatic carbocycles. The molecule has 0 aliphatic heterocycles. The molecule has 0 saturated carbocycles. The minimum atomic E-state index is -4.44. The quantitative estimate of drug-likeness (QED) is 0.792. The van der Waals surface area contributed by atoms with Gasteiger partial charge in [-0.3, -0.25) is 14.6 Å². The number of carbonyl (C=O) groups excluding carboxylic acids is 2. The second-order valence-corrected chi connectivity index (χ2v) is 7.06. The largest absolute Gasteiger partial charge is 0.416 e. The van der Waals surface area contributed by atoms with Crippen molar-refractivity contribution >= 4 is 11.7 Å². The fourth-order valence-corrected chi connectivity index (χ4v) is 2.80. The third-order valence-corrected chi connectivity index (χ3v) is 4.46. The molecule has 150 valence electrons. The number of Topliss-reactive ketones (excluding diaryl/α,β-unsaturated/α-hetero) is 1. The number of hydrogen-bond acceptors (Lipinski definition) is 3. The number of benzene rings is 1. The molecule has 0 fully saturated rings. The number of aromatic nitrogens is 1. The molecular weight excluding hydrogens is 369 g/mol. The van der Waals surface area contributed by atoms with E-state index in [1.165, 1.54) is 13.0 Å². The summed E-state index contributed by atoms with van der Waals surface area (Å²) in [7, 11) is 0. The molecule has 1 aromatic carbocycles. The van der Waals surface area contributed by atoms with Crippen LogP contribution in [0.25, 0.3) is 0 Å².